The Morgan fingerprint density at radius 1 is 1.17 bits per heavy atom. The molecule has 0 bridgehead atoms. The summed E-state index contributed by atoms with van der Waals surface area (Å²) in [5.41, 5.74) is 0.468. The SMILES string of the molecule is O=C(N[C@@H](C[C@@H]1CC[C@H]2OCO[C@@H]2C1)C(=O)O)c1ccccc1. The van der Waals surface area contributed by atoms with Gasteiger partial charge >= 0.3 is 5.97 Å². The molecule has 1 aliphatic heterocycles. The Hall–Kier alpha value is -1.92. The first kappa shape index (κ1) is 16.0. The summed E-state index contributed by atoms with van der Waals surface area (Å²) in [5.74, 6) is -1.14. The highest BCUT2D eigenvalue weighted by Gasteiger charge is 2.37. The standard InChI is InChI=1S/C17H21NO5/c19-16(12-4-2-1-3-5-12)18-13(17(20)21)8-11-6-7-14-15(9-11)23-10-22-14/h1-5,11,13-15H,6-10H2,(H,18,19)(H,20,21)/t11-,13-,14+,15+/m0/s1. The number of fused-ring (bicyclic) bond motifs is 1. The topological polar surface area (TPSA) is 84.9 Å². The predicted octanol–water partition coefficient (Wildman–Crippen LogP) is 1.80. The molecule has 124 valence electrons. The Bertz CT molecular complexity index is 561. The van der Waals surface area contributed by atoms with Gasteiger partial charge in [-0.2, -0.15) is 0 Å². The molecule has 3 rings (SSSR count). The molecule has 0 spiro atoms. The molecule has 2 N–H and O–H groups in total. The number of benzene rings is 1. The van der Waals surface area contributed by atoms with Gasteiger partial charge in [0.15, 0.2) is 0 Å². The lowest BCUT2D eigenvalue weighted by Gasteiger charge is -2.31. The smallest absolute Gasteiger partial charge is 0.326 e. The maximum Gasteiger partial charge on any atom is 0.326 e. The van der Waals surface area contributed by atoms with Gasteiger partial charge in [-0.05, 0) is 43.7 Å². The Balaban J connectivity index is 1.59. The minimum Gasteiger partial charge on any atom is -0.480 e. The number of aliphatic carboxylic acids is 1. The third kappa shape index (κ3) is 3.89. The molecule has 1 aromatic carbocycles. The minimum absolute atomic E-state index is 0.0630. The van der Waals surface area contributed by atoms with E-state index in [-0.39, 0.29) is 24.0 Å². The van der Waals surface area contributed by atoms with Crippen LogP contribution in [-0.2, 0) is 14.3 Å². The lowest BCUT2D eigenvalue weighted by Crippen LogP contribution is -2.43. The summed E-state index contributed by atoms with van der Waals surface area (Å²) in [6.07, 6.45) is 3.20. The molecule has 2 fully saturated rings. The maximum atomic E-state index is 12.2. The number of carboxylic acids is 1. The summed E-state index contributed by atoms with van der Waals surface area (Å²) >= 11 is 0. The van der Waals surface area contributed by atoms with Crippen LogP contribution in [0.4, 0.5) is 0 Å². The Kier molecular flexibility index (Phi) is 4.93. The highest BCUT2D eigenvalue weighted by atomic mass is 16.7. The molecule has 4 atom stereocenters. The van der Waals surface area contributed by atoms with E-state index in [1.54, 1.807) is 24.3 Å². The van der Waals surface area contributed by atoms with Gasteiger partial charge in [-0.1, -0.05) is 18.2 Å². The van der Waals surface area contributed by atoms with Crippen LogP contribution in [0.1, 0.15) is 36.0 Å². The van der Waals surface area contributed by atoms with E-state index in [1.807, 2.05) is 6.07 Å². The molecule has 6 heteroatoms. The number of hydrogen-bond donors (Lipinski definition) is 2. The van der Waals surface area contributed by atoms with Crippen LogP contribution in [0, 0.1) is 5.92 Å². The number of hydrogen-bond acceptors (Lipinski definition) is 4. The zero-order valence-corrected chi connectivity index (χ0v) is 12.8. The summed E-state index contributed by atoms with van der Waals surface area (Å²) in [6, 6.07) is 7.78. The highest BCUT2D eigenvalue weighted by Crippen LogP contribution is 2.34. The molecule has 0 radical (unpaired) electrons. The Morgan fingerprint density at radius 3 is 2.65 bits per heavy atom. The average molecular weight is 319 g/mol. The summed E-state index contributed by atoms with van der Waals surface area (Å²) in [4.78, 5) is 23.7. The molecule has 23 heavy (non-hydrogen) atoms. The van der Waals surface area contributed by atoms with Crippen LogP contribution in [0.25, 0.3) is 0 Å². The van der Waals surface area contributed by atoms with Crippen LogP contribution in [0.3, 0.4) is 0 Å². The zero-order valence-electron chi connectivity index (χ0n) is 12.8. The molecule has 1 saturated carbocycles. The Morgan fingerprint density at radius 2 is 1.91 bits per heavy atom. The molecule has 1 amide bonds. The molecule has 6 nitrogen and oxygen atoms in total. The van der Waals surface area contributed by atoms with Crippen LogP contribution in [0.2, 0.25) is 0 Å². The van der Waals surface area contributed by atoms with Crippen LogP contribution < -0.4 is 5.32 Å². The van der Waals surface area contributed by atoms with Gasteiger partial charge in [0, 0.05) is 5.56 Å². The molecule has 2 aliphatic rings. The fourth-order valence-electron chi connectivity index (χ4n) is 3.36. The number of rotatable bonds is 5. The van der Waals surface area contributed by atoms with Crippen molar-refractivity contribution in [1.29, 1.82) is 0 Å². The largest absolute Gasteiger partial charge is 0.480 e. The number of nitrogens with one attached hydrogen (secondary N) is 1. The first-order chi connectivity index (χ1) is 11.1. The van der Waals surface area contributed by atoms with Crippen molar-refractivity contribution in [3.8, 4) is 0 Å². The van der Waals surface area contributed by atoms with Gasteiger partial charge in [0.1, 0.15) is 12.8 Å². The van der Waals surface area contributed by atoms with Crippen LogP contribution in [0.15, 0.2) is 30.3 Å². The Labute approximate surface area is 134 Å². The number of carbonyl (C=O) groups is 2. The van der Waals surface area contributed by atoms with Crippen LogP contribution in [-0.4, -0.2) is 42.0 Å². The first-order valence-corrected chi connectivity index (χ1v) is 7.95. The van der Waals surface area contributed by atoms with Gasteiger partial charge in [0.2, 0.25) is 0 Å². The normalized spacial score (nSPS) is 27.9. The van der Waals surface area contributed by atoms with Crippen molar-refractivity contribution < 1.29 is 24.2 Å². The number of carbonyl (C=O) groups excluding carboxylic acids is 1. The second kappa shape index (κ2) is 7.10. The molecule has 0 unspecified atom stereocenters. The van der Waals surface area contributed by atoms with Crippen molar-refractivity contribution in [2.24, 2.45) is 5.92 Å². The quantitative estimate of drug-likeness (QED) is 0.864. The number of ether oxygens (including phenoxy) is 2. The van der Waals surface area contributed by atoms with Gasteiger partial charge in [-0.25, -0.2) is 4.79 Å². The summed E-state index contributed by atoms with van der Waals surface area (Å²) < 4.78 is 11.0. The third-order valence-corrected chi connectivity index (χ3v) is 4.61. The maximum absolute atomic E-state index is 12.2. The summed E-state index contributed by atoms with van der Waals surface area (Å²) in [5, 5.41) is 12.0. The lowest BCUT2D eigenvalue weighted by atomic mass is 9.81. The van der Waals surface area contributed by atoms with Crippen molar-refractivity contribution in [1.82, 2.24) is 5.32 Å². The van der Waals surface area contributed by atoms with Gasteiger partial charge in [0.05, 0.1) is 12.2 Å². The highest BCUT2D eigenvalue weighted by molar-refractivity contribution is 5.96. The van der Waals surface area contributed by atoms with E-state index in [2.05, 4.69) is 5.32 Å². The van der Waals surface area contributed by atoms with Crippen molar-refractivity contribution >= 4 is 11.9 Å². The molecular formula is C17H21NO5. The monoisotopic (exact) mass is 319 g/mol. The van der Waals surface area contributed by atoms with Gasteiger partial charge in [-0.15, -0.1) is 0 Å². The number of carboxylic acid groups (broad SMARTS) is 1. The van der Waals surface area contributed by atoms with E-state index in [9.17, 15) is 14.7 Å². The fourth-order valence-corrected chi connectivity index (χ4v) is 3.36. The summed E-state index contributed by atoms with van der Waals surface area (Å²) in [7, 11) is 0. The average Bonchev–Trinajstić information content (AvgIpc) is 3.02. The molecule has 0 aromatic heterocycles. The second-order valence-corrected chi connectivity index (χ2v) is 6.17. The van der Waals surface area contributed by atoms with Crippen molar-refractivity contribution in [3.05, 3.63) is 35.9 Å². The first-order valence-electron chi connectivity index (χ1n) is 7.95. The summed E-state index contributed by atoms with van der Waals surface area (Å²) in [6.45, 7) is 0.329. The molecular weight excluding hydrogens is 298 g/mol. The van der Waals surface area contributed by atoms with Gasteiger partial charge in [-0.3, -0.25) is 4.79 Å². The van der Waals surface area contributed by atoms with Crippen LogP contribution >= 0.6 is 0 Å². The van der Waals surface area contributed by atoms with Crippen molar-refractivity contribution in [2.75, 3.05) is 6.79 Å². The van der Waals surface area contributed by atoms with E-state index >= 15 is 0 Å². The molecule has 1 aromatic rings. The predicted molar refractivity (Wildman–Crippen MR) is 81.9 cm³/mol. The minimum atomic E-state index is -1.00. The van der Waals surface area contributed by atoms with E-state index < -0.39 is 12.0 Å². The lowest BCUT2D eigenvalue weighted by molar-refractivity contribution is -0.139. The van der Waals surface area contributed by atoms with E-state index in [1.165, 1.54) is 0 Å². The zero-order chi connectivity index (χ0) is 16.2. The van der Waals surface area contributed by atoms with Crippen LogP contribution in [0.5, 0.6) is 0 Å². The fraction of sp³-hybridized carbons (Fsp3) is 0.529. The second-order valence-electron chi connectivity index (χ2n) is 6.17. The van der Waals surface area contributed by atoms with Crippen molar-refractivity contribution in [2.45, 2.75) is 43.9 Å². The van der Waals surface area contributed by atoms with Crippen molar-refractivity contribution in [3.63, 3.8) is 0 Å². The van der Waals surface area contributed by atoms with Gasteiger partial charge in [0.25, 0.3) is 5.91 Å². The number of amides is 1. The van der Waals surface area contributed by atoms with E-state index in [0.29, 0.717) is 18.8 Å². The van der Waals surface area contributed by atoms with Gasteiger partial charge < -0.3 is 19.9 Å². The molecule has 1 saturated heterocycles. The van der Waals surface area contributed by atoms with E-state index in [0.717, 1.165) is 19.3 Å². The molecule has 1 aliphatic carbocycles. The van der Waals surface area contributed by atoms with E-state index in [4.69, 9.17) is 9.47 Å². The molecule has 1 heterocycles. The third-order valence-electron chi connectivity index (χ3n) is 4.61.